The zero-order valence-corrected chi connectivity index (χ0v) is 17.6. The average Bonchev–Trinajstić information content (AvgIpc) is 2.80. The van der Waals surface area contributed by atoms with E-state index in [-0.39, 0.29) is 17.2 Å². The maximum absolute atomic E-state index is 13.2. The molecule has 0 atom stereocenters. The number of nitrogens with zero attached hydrogens (tertiary/aromatic N) is 2. The Morgan fingerprint density at radius 3 is 2.35 bits per heavy atom. The summed E-state index contributed by atoms with van der Waals surface area (Å²) in [5, 5.41) is 8.24. The Kier molecular flexibility index (Phi) is 5.54. The lowest BCUT2D eigenvalue weighted by atomic mass is 10.0. The van der Waals surface area contributed by atoms with Gasteiger partial charge in [0.25, 0.3) is 11.5 Å². The van der Waals surface area contributed by atoms with Gasteiger partial charge in [0.2, 0.25) is 0 Å². The van der Waals surface area contributed by atoms with Crippen molar-refractivity contribution < 1.29 is 9.53 Å². The highest BCUT2D eigenvalue weighted by Crippen LogP contribution is 2.21. The fourth-order valence-corrected chi connectivity index (χ4v) is 3.42. The highest BCUT2D eigenvalue weighted by Gasteiger charge is 2.18. The van der Waals surface area contributed by atoms with Gasteiger partial charge in [-0.1, -0.05) is 50.2 Å². The van der Waals surface area contributed by atoms with Crippen LogP contribution in [0.1, 0.15) is 35.8 Å². The molecule has 0 spiro atoms. The van der Waals surface area contributed by atoms with Crippen molar-refractivity contribution >= 4 is 22.4 Å². The van der Waals surface area contributed by atoms with Gasteiger partial charge < -0.3 is 10.1 Å². The van der Waals surface area contributed by atoms with Gasteiger partial charge in [-0.15, -0.1) is 0 Å². The van der Waals surface area contributed by atoms with Gasteiger partial charge in [-0.05, 0) is 41.8 Å². The Bertz CT molecular complexity index is 1310. The molecule has 1 N–H and O–H groups in total. The normalized spacial score (nSPS) is 11.0. The Labute approximate surface area is 180 Å². The molecule has 156 valence electrons. The number of hydrogen-bond donors (Lipinski definition) is 1. The number of anilines is 1. The zero-order chi connectivity index (χ0) is 22.0. The maximum Gasteiger partial charge on any atom is 0.279 e. The molecule has 6 nitrogen and oxygen atoms in total. The van der Waals surface area contributed by atoms with Gasteiger partial charge in [0.05, 0.1) is 18.2 Å². The van der Waals surface area contributed by atoms with E-state index in [2.05, 4.69) is 24.3 Å². The quantitative estimate of drug-likeness (QED) is 0.511. The maximum atomic E-state index is 13.2. The van der Waals surface area contributed by atoms with Crippen molar-refractivity contribution in [3.8, 4) is 11.4 Å². The molecule has 0 saturated heterocycles. The van der Waals surface area contributed by atoms with Crippen molar-refractivity contribution in [3.05, 3.63) is 94.4 Å². The zero-order valence-electron chi connectivity index (χ0n) is 17.6. The van der Waals surface area contributed by atoms with Crippen molar-refractivity contribution in [1.82, 2.24) is 9.78 Å². The van der Waals surface area contributed by atoms with E-state index in [0.717, 1.165) is 0 Å². The summed E-state index contributed by atoms with van der Waals surface area (Å²) in [6.07, 6.45) is 0. The second kappa shape index (κ2) is 8.44. The molecule has 0 unspecified atom stereocenters. The molecule has 6 heteroatoms. The van der Waals surface area contributed by atoms with Gasteiger partial charge in [-0.25, -0.2) is 0 Å². The van der Waals surface area contributed by atoms with Crippen molar-refractivity contribution in [2.24, 2.45) is 0 Å². The van der Waals surface area contributed by atoms with E-state index in [1.54, 1.807) is 55.6 Å². The molecule has 4 rings (SSSR count). The first-order chi connectivity index (χ1) is 15.0. The molecule has 0 aliphatic carbocycles. The van der Waals surface area contributed by atoms with Gasteiger partial charge >= 0.3 is 0 Å². The number of aromatic nitrogens is 2. The lowest BCUT2D eigenvalue weighted by molar-refractivity contribution is 0.102. The summed E-state index contributed by atoms with van der Waals surface area (Å²) >= 11 is 0. The number of fused-ring (bicyclic) bond motifs is 1. The minimum atomic E-state index is -0.384. The molecule has 0 saturated carbocycles. The number of carbonyl (C=O) groups excluding carboxylic acids is 1. The Morgan fingerprint density at radius 2 is 1.68 bits per heavy atom. The molecule has 0 radical (unpaired) electrons. The Balaban J connectivity index is 1.80. The summed E-state index contributed by atoms with van der Waals surface area (Å²) in [5.41, 5.74) is 2.24. The summed E-state index contributed by atoms with van der Waals surface area (Å²) in [7, 11) is 1.55. The van der Waals surface area contributed by atoms with Crippen LogP contribution in [-0.2, 0) is 0 Å². The first-order valence-corrected chi connectivity index (χ1v) is 10.1. The van der Waals surface area contributed by atoms with Crippen LogP contribution in [0.5, 0.6) is 5.75 Å². The van der Waals surface area contributed by atoms with E-state index in [1.807, 2.05) is 24.3 Å². The SMILES string of the molecule is COc1cccc(-n2nc(C(=O)Nc3ccc(C(C)C)cc3)c3ccccc3c2=O)c1. The van der Waals surface area contributed by atoms with Crippen LogP contribution in [0.2, 0.25) is 0 Å². The molecule has 1 aromatic heterocycles. The van der Waals surface area contributed by atoms with Crippen molar-refractivity contribution in [1.29, 1.82) is 0 Å². The molecular weight excluding hydrogens is 390 g/mol. The Hall–Kier alpha value is -3.93. The molecule has 31 heavy (non-hydrogen) atoms. The predicted molar refractivity (Wildman–Crippen MR) is 122 cm³/mol. The van der Waals surface area contributed by atoms with Crippen molar-refractivity contribution in [3.63, 3.8) is 0 Å². The molecule has 0 bridgehead atoms. The summed E-state index contributed by atoms with van der Waals surface area (Å²) in [4.78, 5) is 26.2. The molecular formula is C25H23N3O3. The second-order valence-corrected chi connectivity index (χ2v) is 7.54. The number of hydrogen-bond acceptors (Lipinski definition) is 4. The monoisotopic (exact) mass is 413 g/mol. The third-order valence-corrected chi connectivity index (χ3v) is 5.15. The second-order valence-electron chi connectivity index (χ2n) is 7.54. The standard InChI is InChI=1S/C25H23N3O3/c1-16(2)17-11-13-18(14-12-17)26-24(29)23-21-9-4-5-10-22(21)25(30)28(27-23)19-7-6-8-20(15-19)31-3/h4-16H,1-3H3,(H,26,29). The van der Waals surface area contributed by atoms with Crippen LogP contribution >= 0.6 is 0 Å². The predicted octanol–water partition coefficient (Wildman–Crippen LogP) is 4.77. The van der Waals surface area contributed by atoms with E-state index in [4.69, 9.17) is 4.74 Å². The van der Waals surface area contributed by atoms with Gasteiger partial charge in [0.1, 0.15) is 5.75 Å². The van der Waals surface area contributed by atoms with E-state index in [0.29, 0.717) is 33.8 Å². The van der Waals surface area contributed by atoms with Crippen LogP contribution in [0, 0.1) is 0 Å². The highest BCUT2D eigenvalue weighted by molar-refractivity contribution is 6.11. The van der Waals surface area contributed by atoms with E-state index in [9.17, 15) is 9.59 Å². The number of nitrogens with one attached hydrogen (secondary N) is 1. The lowest BCUT2D eigenvalue weighted by Gasteiger charge is -2.12. The van der Waals surface area contributed by atoms with Crippen LogP contribution in [0.3, 0.4) is 0 Å². The molecule has 1 amide bonds. The minimum Gasteiger partial charge on any atom is -0.497 e. The summed E-state index contributed by atoms with van der Waals surface area (Å²) in [6.45, 7) is 4.23. The first kappa shape index (κ1) is 20.3. The topological polar surface area (TPSA) is 73.2 Å². The number of amides is 1. The molecule has 1 heterocycles. The number of ether oxygens (including phenoxy) is 1. The first-order valence-electron chi connectivity index (χ1n) is 10.1. The number of carbonyl (C=O) groups is 1. The van der Waals surface area contributed by atoms with E-state index in [1.165, 1.54) is 10.2 Å². The van der Waals surface area contributed by atoms with Gasteiger partial charge in [0, 0.05) is 17.1 Å². The van der Waals surface area contributed by atoms with Crippen LogP contribution in [-0.4, -0.2) is 22.8 Å². The molecule has 0 fully saturated rings. The molecule has 0 aliphatic rings. The third-order valence-electron chi connectivity index (χ3n) is 5.15. The highest BCUT2D eigenvalue weighted by atomic mass is 16.5. The number of methoxy groups -OCH3 is 1. The van der Waals surface area contributed by atoms with E-state index < -0.39 is 0 Å². The van der Waals surface area contributed by atoms with Gasteiger partial charge in [-0.3, -0.25) is 9.59 Å². The average molecular weight is 413 g/mol. The summed E-state index contributed by atoms with van der Waals surface area (Å²) < 4.78 is 6.50. The van der Waals surface area contributed by atoms with Crippen LogP contribution in [0.25, 0.3) is 16.5 Å². The van der Waals surface area contributed by atoms with Crippen LogP contribution in [0.15, 0.2) is 77.6 Å². The Morgan fingerprint density at radius 1 is 0.968 bits per heavy atom. The van der Waals surface area contributed by atoms with Gasteiger partial charge in [-0.2, -0.15) is 9.78 Å². The largest absolute Gasteiger partial charge is 0.497 e. The summed E-state index contributed by atoms with van der Waals surface area (Å²) in [6, 6.07) is 21.7. The fraction of sp³-hybridized carbons (Fsp3) is 0.160. The van der Waals surface area contributed by atoms with Gasteiger partial charge in [0.15, 0.2) is 5.69 Å². The fourth-order valence-electron chi connectivity index (χ4n) is 3.42. The molecule has 0 aliphatic heterocycles. The molecule has 4 aromatic rings. The van der Waals surface area contributed by atoms with Crippen molar-refractivity contribution in [2.45, 2.75) is 19.8 Å². The lowest BCUT2D eigenvalue weighted by Crippen LogP contribution is -2.26. The van der Waals surface area contributed by atoms with Crippen LogP contribution < -0.4 is 15.6 Å². The molecule has 3 aromatic carbocycles. The minimum absolute atomic E-state index is 0.172. The number of benzene rings is 3. The van der Waals surface area contributed by atoms with Crippen LogP contribution in [0.4, 0.5) is 5.69 Å². The summed E-state index contributed by atoms with van der Waals surface area (Å²) in [5.74, 6) is 0.613. The third kappa shape index (κ3) is 4.05. The van der Waals surface area contributed by atoms with E-state index >= 15 is 0 Å². The smallest absolute Gasteiger partial charge is 0.279 e. The number of rotatable bonds is 5. The van der Waals surface area contributed by atoms with Crippen molar-refractivity contribution in [2.75, 3.05) is 12.4 Å².